The Labute approximate surface area is 198 Å². The first-order valence-corrected chi connectivity index (χ1v) is 13.0. The van der Waals surface area contributed by atoms with Crippen LogP contribution in [0.3, 0.4) is 0 Å². The first-order valence-electron chi connectivity index (χ1n) is 12.1. The summed E-state index contributed by atoms with van der Waals surface area (Å²) in [5.41, 5.74) is 4.33. The summed E-state index contributed by atoms with van der Waals surface area (Å²) in [6, 6.07) is 6.16. The molecule has 3 N–H and O–H groups in total. The van der Waals surface area contributed by atoms with Crippen molar-refractivity contribution in [2.45, 2.75) is 33.1 Å². The van der Waals surface area contributed by atoms with Crippen molar-refractivity contribution < 1.29 is 0 Å². The maximum absolute atomic E-state index is 4.82. The highest BCUT2D eigenvalue weighted by molar-refractivity contribution is 7.16. The van der Waals surface area contributed by atoms with Crippen molar-refractivity contribution in [2.75, 3.05) is 48.3 Å². The Morgan fingerprint density at radius 2 is 1.97 bits per heavy atom. The molecule has 4 aliphatic rings. The van der Waals surface area contributed by atoms with Crippen LogP contribution in [0.5, 0.6) is 0 Å². The van der Waals surface area contributed by atoms with Gasteiger partial charge in [0.1, 0.15) is 0 Å². The monoisotopic (exact) mass is 464 g/mol. The molecular formula is C24H32N8S. The number of thiazole rings is 1. The molecule has 8 nitrogen and oxygen atoms in total. The number of nitrogens with one attached hydrogen (secondary N) is 3. The maximum atomic E-state index is 4.82. The van der Waals surface area contributed by atoms with Crippen LogP contribution < -0.4 is 20.9 Å². The smallest absolute Gasteiger partial charge is 0.233 e. The summed E-state index contributed by atoms with van der Waals surface area (Å²) in [5, 5.41) is 10.4. The fourth-order valence-corrected chi connectivity index (χ4v) is 6.71. The normalized spacial score (nSPS) is 26.1. The molecular weight excluding hydrogens is 432 g/mol. The van der Waals surface area contributed by atoms with Gasteiger partial charge in [-0.05, 0) is 60.6 Å². The van der Waals surface area contributed by atoms with Gasteiger partial charge in [-0.1, -0.05) is 13.8 Å². The molecule has 33 heavy (non-hydrogen) atoms. The lowest BCUT2D eigenvalue weighted by atomic mass is 9.45. The molecule has 1 aliphatic heterocycles. The van der Waals surface area contributed by atoms with Crippen molar-refractivity contribution >= 4 is 45.1 Å². The molecule has 2 bridgehead atoms. The van der Waals surface area contributed by atoms with Gasteiger partial charge < -0.3 is 20.9 Å². The summed E-state index contributed by atoms with van der Waals surface area (Å²) in [7, 11) is 0. The SMILES string of the molecule is CC1(C)C2CC[C@@H](CNc3nc(Nc4ccc5ncsc5c4)nc(N4CCNCC4)n3)[C@@H]1C2. The van der Waals surface area contributed by atoms with Crippen molar-refractivity contribution in [1.82, 2.24) is 25.3 Å². The first kappa shape index (κ1) is 21.0. The Kier molecular flexibility index (Phi) is 5.33. The molecule has 3 aromatic rings. The van der Waals surface area contributed by atoms with E-state index >= 15 is 0 Å². The molecule has 9 heteroatoms. The zero-order chi connectivity index (χ0) is 22.4. The summed E-state index contributed by atoms with van der Waals surface area (Å²) < 4.78 is 1.15. The minimum atomic E-state index is 0.484. The van der Waals surface area contributed by atoms with E-state index < -0.39 is 0 Å². The van der Waals surface area contributed by atoms with E-state index in [0.717, 1.165) is 66.4 Å². The fraction of sp³-hybridized carbons (Fsp3) is 0.583. The molecule has 0 radical (unpaired) electrons. The van der Waals surface area contributed by atoms with Crippen molar-refractivity contribution in [1.29, 1.82) is 0 Å². The van der Waals surface area contributed by atoms with Gasteiger partial charge >= 0.3 is 0 Å². The van der Waals surface area contributed by atoms with Gasteiger partial charge in [0.15, 0.2) is 0 Å². The first-order chi connectivity index (χ1) is 16.1. The summed E-state index contributed by atoms with van der Waals surface area (Å²) in [4.78, 5) is 20.9. The van der Waals surface area contributed by atoms with E-state index in [9.17, 15) is 0 Å². The van der Waals surface area contributed by atoms with Crippen LogP contribution in [0.4, 0.5) is 23.5 Å². The third-order valence-electron chi connectivity index (χ3n) is 8.13. The van der Waals surface area contributed by atoms with Crippen LogP contribution in [-0.4, -0.2) is 52.7 Å². The van der Waals surface area contributed by atoms with Gasteiger partial charge in [0.05, 0.1) is 15.7 Å². The van der Waals surface area contributed by atoms with Crippen molar-refractivity contribution in [3.63, 3.8) is 0 Å². The van der Waals surface area contributed by atoms with E-state index in [0.29, 0.717) is 23.2 Å². The number of hydrogen-bond acceptors (Lipinski definition) is 9. The van der Waals surface area contributed by atoms with Crippen LogP contribution in [0.1, 0.15) is 33.1 Å². The summed E-state index contributed by atoms with van der Waals surface area (Å²) in [6.45, 7) is 9.51. The van der Waals surface area contributed by atoms with Gasteiger partial charge in [-0.2, -0.15) is 15.0 Å². The van der Waals surface area contributed by atoms with Crippen LogP contribution in [0.25, 0.3) is 10.2 Å². The number of piperazine rings is 1. The maximum Gasteiger partial charge on any atom is 0.233 e. The summed E-state index contributed by atoms with van der Waals surface area (Å²) >= 11 is 1.64. The Morgan fingerprint density at radius 1 is 1.12 bits per heavy atom. The number of anilines is 4. The molecule has 0 amide bonds. The van der Waals surface area contributed by atoms with Crippen molar-refractivity contribution in [3.8, 4) is 0 Å². The molecule has 3 aliphatic carbocycles. The van der Waals surface area contributed by atoms with Gasteiger partial charge in [0.25, 0.3) is 0 Å². The fourth-order valence-electron chi connectivity index (χ4n) is 6.00. The van der Waals surface area contributed by atoms with Gasteiger partial charge in [-0.15, -0.1) is 11.3 Å². The highest BCUT2D eigenvalue weighted by Gasteiger charge is 2.53. The highest BCUT2D eigenvalue weighted by atomic mass is 32.1. The average Bonchev–Trinajstić information content (AvgIpc) is 3.31. The second kappa shape index (κ2) is 8.36. The van der Waals surface area contributed by atoms with Crippen LogP contribution in [-0.2, 0) is 0 Å². The molecule has 3 saturated carbocycles. The summed E-state index contributed by atoms with van der Waals surface area (Å²) in [6.07, 6.45) is 4.04. The molecule has 7 rings (SSSR count). The van der Waals surface area contributed by atoms with Crippen LogP contribution >= 0.6 is 11.3 Å². The molecule has 2 aromatic heterocycles. The third kappa shape index (κ3) is 4.01. The lowest BCUT2D eigenvalue weighted by Crippen LogP contribution is -2.53. The molecule has 1 unspecified atom stereocenters. The minimum Gasteiger partial charge on any atom is -0.354 e. The van der Waals surface area contributed by atoms with E-state index in [4.69, 9.17) is 15.0 Å². The predicted molar refractivity (Wildman–Crippen MR) is 134 cm³/mol. The minimum absolute atomic E-state index is 0.484. The Balaban J connectivity index is 1.23. The van der Waals surface area contributed by atoms with Crippen LogP contribution in [0.2, 0.25) is 0 Å². The number of benzene rings is 1. The molecule has 3 heterocycles. The predicted octanol–water partition coefficient (Wildman–Crippen LogP) is 4.12. The molecule has 3 atom stereocenters. The second-order valence-corrected chi connectivity index (χ2v) is 11.1. The standard InChI is InChI=1S/C24H32N8S/c1-24(2)16-4-3-15(18(24)11-16)13-26-21-29-22(31-23(30-21)32-9-7-25-8-10-32)28-17-5-6-19-20(12-17)33-14-27-19/h5-6,12,14-16,18,25H,3-4,7-11,13H2,1-2H3,(H2,26,28,29,30,31)/t15-,16?,18-/m0/s1. The molecule has 4 fully saturated rings. The van der Waals surface area contributed by atoms with Crippen molar-refractivity contribution in [2.24, 2.45) is 23.2 Å². The number of nitrogens with zero attached hydrogens (tertiary/aromatic N) is 5. The Bertz CT molecular complexity index is 1140. The van der Waals surface area contributed by atoms with E-state index in [1.165, 1.54) is 19.3 Å². The molecule has 1 saturated heterocycles. The number of hydrogen-bond donors (Lipinski definition) is 3. The van der Waals surface area contributed by atoms with Gasteiger partial charge in [0.2, 0.25) is 17.8 Å². The topological polar surface area (TPSA) is 90.9 Å². The molecule has 1 aromatic carbocycles. The van der Waals surface area contributed by atoms with Gasteiger partial charge in [-0.25, -0.2) is 4.98 Å². The van der Waals surface area contributed by atoms with E-state index in [1.54, 1.807) is 11.3 Å². The zero-order valence-electron chi connectivity index (χ0n) is 19.3. The Hall–Kier alpha value is -2.52. The average molecular weight is 465 g/mol. The lowest BCUT2D eigenvalue weighted by Gasteiger charge is -2.60. The van der Waals surface area contributed by atoms with Gasteiger partial charge in [-0.3, -0.25) is 0 Å². The number of rotatable bonds is 6. The van der Waals surface area contributed by atoms with E-state index in [-0.39, 0.29) is 0 Å². The Morgan fingerprint density at radius 3 is 2.79 bits per heavy atom. The van der Waals surface area contributed by atoms with Crippen LogP contribution in [0.15, 0.2) is 23.7 Å². The number of fused-ring (bicyclic) bond motifs is 3. The highest BCUT2D eigenvalue weighted by Crippen LogP contribution is 2.61. The third-order valence-corrected chi connectivity index (χ3v) is 8.93. The zero-order valence-corrected chi connectivity index (χ0v) is 20.2. The van der Waals surface area contributed by atoms with Crippen molar-refractivity contribution in [3.05, 3.63) is 23.7 Å². The lowest BCUT2D eigenvalue weighted by molar-refractivity contribution is -0.100. The summed E-state index contributed by atoms with van der Waals surface area (Å²) in [5.74, 6) is 4.40. The van der Waals surface area contributed by atoms with Gasteiger partial charge in [0, 0.05) is 38.4 Å². The van der Waals surface area contributed by atoms with E-state index in [2.05, 4.69) is 45.7 Å². The largest absolute Gasteiger partial charge is 0.354 e. The quantitative estimate of drug-likeness (QED) is 0.502. The molecule has 174 valence electrons. The molecule has 0 spiro atoms. The van der Waals surface area contributed by atoms with Crippen LogP contribution in [0, 0.1) is 23.2 Å². The second-order valence-electron chi connectivity index (χ2n) is 10.3. The van der Waals surface area contributed by atoms with E-state index in [1.807, 2.05) is 17.6 Å². The number of aromatic nitrogens is 4.